The molecule has 1 aliphatic heterocycles. The van der Waals surface area contributed by atoms with E-state index in [2.05, 4.69) is 10.7 Å². The molecule has 3 amide bonds. The molecule has 1 heterocycles. The molecule has 1 fully saturated rings. The smallest absolute Gasteiger partial charge is 0.311 e. The van der Waals surface area contributed by atoms with Gasteiger partial charge in [0, 0.05) is 17.7 Å². The highest BCUT2D eigenvalue weighted by molar-refractivity contribution is 5.97. The zero-order valence-electron chi connectivity index (χ0n) is 17.7. The first kappa shape index (κ1) is 22.0. The number of carbonyl (C=O) groups is 4. The first-order valence-electron chi connectivity index (χ1n) is 9.94. The lowest BCUT2D eigenvalue weighted by Crippen LogP contribution is -2.43. The van der Waals surface area contributed by atoms with Crippen LogP contribution in [0.2, 0.25) is 0 Å². The Morgan fingerprint density at radius 1 is 1.06 bits per heavy atom. The Bertz CT molecular complexity index is 1030. The predicted molar refractivity (Wildman–Crippen MR) is 114 cm³/mol. The van der Waals surface area contributed by atoms with Crippen LogP contribution < -0.4 is 10.7 Å². The minimum absolute atomic E-state index is 0.00595. The molecule has 1 atom stereocenters. The fraction of sp³-hybridized carbons (Fsp3) is 0.304. The van der Waals surface area contributed by atoms with Crippen LogP contribution in [0.1, 0.15) is 33.5 Å². The van der Waals surface area contributed by atoms with Crippen molar-refractivity contribution in [2.75, 3.05) is 18.5 Å². The zero-order valence-corrected chi connectivity index (χ0v) is 17.7. The number of hydrogen-bond donors (Lipinski definition) is 2. The lowest BCUT2D eigenvalue weighted by atomic mass is 10.1. The van der Waals surface area contributed by atoms with Crippen LogP contribution in [0.5, 0.6) is 0 Å². The highest BCUT2D eigenvalue weighted by atomic mass is 16.5. The third-order valence-electron chi connectivity index (χ3n) is 5.11. The molecule has 162 valence electrons. The third kappa shape index (κ3) is 5.69. The quantitative estimate of drug-likeness (QED) is 0.694. The minimum atomic E-state index is -0.750. The summed E-state index contributed by atoms with van der Waals surface area (Å²) < 4.78 is 5.07. The Hall–Kier alpha value is -3.68. The fourth-order valence-corrected chi connectivity index (χ4v) is 3.22. The van der Waals surface area contributed by atoms with Gasteiger partial charge in [-0.05, 0) is 56.2 Å². The van der Waals surface area contributed by atoms with Gasteiger partial charge in [0.2, 0.25) is 5.91 Å². The largest absolute Gasteiger partial charge is 0.455 e. The van der Waals surface area contributed by atoms with Crippen LogP contribution in [-0.4, -0.2) is 41.9 Å². The Labute approximate surface area is 180 Å². The number of aryl methyl sites for hydroxylation is 3. The Kier molecular flexibility index (Phi) is 6.69. The molecule has 0 saturated carbocycles. The molecular weight excluding hydrogens is 398 g/mol. The second kappa shape index (κ2) is 9.42. The summed E-state index contributed by atoms with van der Waals surface area (Å²) in [5, 5.41) is 3.79. The van der Waals surface area contributed by atoms with Crippen molar-refractivity contribution in [1.82, 2.24) is 10.4 Å². The van der Waals surface area contributed by atoms with Crippen molar-refractivity contribution in [3.05, 3.63) is 64.7 Å². The molecule has 0 radical (unpaired) electrons. The highest BCUT2D eigenvalue weighted by Gasteiger charge is 2.36. The summed E-state index contributed by atoms with van der Waals surface area (Å²) in [5.41, 5.74) is 6.61. The van der Waals surface area contributed by atoms with E-state index in [0.717, 1.165) is 21.7 Å². The van der Waals surface area contributed by atoms with Gasteiger partial charge in [-0.3, -0.25) is 29.6 Å². The van der Waals surface area contributed by atoms with Crippen LogP contribution in [0.4, 0.5) is 5.69 Å². The van der Waals surface area contributed by atoms with E-state index >= 15 is 0 Å². The van der Waals surface area contributed by atoms with E-state index in [1.54, 1.807) is 24.3 Å². The number of hydrazine groups is 1. The second-order valence-corrected chi connectivity index (χ2v) is 7.67. The number of nitrogens with zero attached hydrogens (tertiary/aromatic N) is 1. The summed E-state index contributed by atoms with van der Waals surface area (Å²) in [6.07, 6.45) is -0.0916. The van der Waals surface area contributed by atoms with Crippen LogP contribution in [0, 0.1) is 26.7 Å². The van der Waals surface area contributed by atoms with Gasteiger partial charge in [-0.2, -0.15) is 0 Å². The fourth-order valence-electron chi connectivity index (χ4n) is 3.22. The summed E-state index contributed by atoms with van der Waals surface area (Å²) >= 11 is 0. The van der Waals surface area contributed by atoms with E-state index < -0.39 is 30.3 Å². The standard InChI is InChI=1S/C23H25N3O5/c1-14-5-4-6-17(9-14)22(29)25-26-12-18(11-21(26)28)23(30)31-13-20(27)24-19-8-7-15(2)16(3)10-19/h4-10,18H,11-13H2,1-3H3,(H,24,27)(H,25,29)/t18-/m1/s1. The van der Waals surface area contributed by atoms with Gasteiger partial charge in [0.25, 0.3) is 11.8 Å². The molecule has 0 spiro atoms. The van der Waals surface area contributed by atoms with Gasteiger partial charge in [-0.1, -0.05) is 23.8 Å². The van der Waals surface area contributed by atoms with Crippen molar-refractivity contribution >= 4 is 29.4 Å². The molecule has 8 heteroatoms. The number of benzene rings is 2. The molecule has 31 heavy (non-hydrogen) atoms. The lowest BCUT2D eigenvalue weighted by molar-refractivity contribution is -0.151. The first-order valence-corrected chi connectivity index (χ1v) is 9.94. The van der Waals surface area contributed by atoms with Gasteiger partial charge in [-0.15, -0.1) is 0 Å². The summed E-state index contributed by atoms with van der Waals surface area (Å²) in [5.74, 6) is -2.69. The lowest BCUT2D eigenvalue weighted by Gasteiger charge is -2.17. The van der Waals surface area contributed by atoms with Crippen molar-refractivity contribution < 1.29 is 23.9 Å². The molecule has 0 aliphatic carbocycles. The number of anilines is 1. The van der Waals surface area contributed by atoms with E-state index in [1.165, 1.54) is 0 Å². The number of amides is 3. The van der Waals surface area contributed by atoms with Crippen molar-refractivity contribution in [2.24, 2.45) is 5.92 Å². The molecule has 2 aromatic carbocycles. The van der Waals surface area contributed by atoms with Crippen molar-refractivity contribution in [3.63, 3.8) is 0 Å². The highest BCUT2D eigenvalue weighted by Crippen LogP contribution is 2.18. The summed E-state index contributed by atoms with van der Waals surface area (Å²) in [4.78, 5) is 48.9. The van der Waals surface area contributed by atoms with Crippen molar-refractivity contribution in [1.29, 1.82) is 0 Å². The monoisotopic (exact) mass is 423 g/mol. The van der Waals surface area contributed by atoms with Gasteiger partial charge in [-0.25, -0.2) is 0 Å². The normalized spacial score (nSPS) is 15.5. The van der Waals surface area contributed by atoms with Crippen LogP contribution in [-0.2, 0) is 19.1 Å². The zero-order chi connectivity index (χ0) is 22.5. The van der Waals surface area contributed by atoms with Crippen molar-refractivity contribution in [3.8, 4) is 0 Å². The molecule has 3 rings (SSSR count). The third-order valence-corrected chi connectivity index (χ3v) is 5.11. The first-order chi connectivity index (χ1) is 14.7. The summed E-state index contributed by atoms with van der Waals surface area (Å²) in [6.45, 7) is 5.31. The molecule has 2 aromatic rings. The van der Waals surface area contributed by atoms with E-state index in [9.17, 15) is 19.2 Å². The predicted octanol–water partition coefficient (Wildman–Crippen LogP) is 2.29. The minimum Gasteiger partial charge on any atom is -0.455 e. The number of esters is 1. The van der Waals surface area contributed by atoms with Crippen LogP contribution in [0.3, 0.4) is 0 Å². The maximum atomic E-state index is 12.3. The molecule has 0 bridgehead atoms. The number of carbonyl (C=O) groups excluding carboxylic acids is 4. The average molecular weight is 423 g/mol. The molecule has 1 saturated heterocycles. The number of rotatable bonds is 6. The van der Waals surface area contributed by atoms with Crippen LogP contribution >= 0.6 is 0 Å². The second-order valence-electron chi connectivity index (χ2n) is 7.67. The van der Waals surface area contributed by atoms with E-state index in [1.807, 2.05) is 39.0 Å². The molecule has 0 aromatic heterocycles. The molecule has 2 N–H and O–H groups in total. The van der Waals surface area contributed by atoms with Crippen molar-refractivity contribution in [2.45, 2.75) is 27.2 Å². The van der Waals surface area contributed by atoms with E-state index in [-0.39, 0.29) is 18.9 Å². The number of hydrogen-bond acceptors (Lipinski definition) is 5. The van der Waals surface area contributed by atoms with E-state index in [4.69, 9.17) is 4.74 Å². The maximum Gasteiger partial charge on any atom is 0.311 e. The molecule has 0 unspecified atom stereocenters. The van der Waals surface area contributed by atoms with Gasteiger partial charge in [0.05, 0.1) is 12.5 Å². The average Bonchev–Trinajstić information content (AvgIpc) is 3.09. The Morgan fingerprint density at radius 2 is 1.84 bits per heavy atom. The number of ether oxygens (including phenoxy) is 1. The Balaban J connectivity index is 1.48. The Morgan fingerprint density at radius 3 is 2.55 bits per heavy atom. The topological polar surface area (TPSA) is 105 Å². The SMILES string of the molecule is Cc1cccc(C(=O)NN2C[C@H](C(=O)OCC(=O)Nc3ccc(C)c(C)c3)CC2=O)c1. The summed E-state index contributed by atoms with van der Waals surface area (Å²) in [6, 6.07) is 12.4. The molecule has 1 aliphatic rings. The molecular formula is C23H25N3O5. The van der Waals surface area contributed by atoms with Crippen LogP contribution in [0.15, 0.2) is 42.5 Å². The maximum absolute atomic E-state index is 12.3. The van der Waals surface area contributed by atoms with Gasteiger partial charge >= 0.3 is 5.97 Å². The van der Waals surface area contributed by atoms with Gasteiger partial charge in [0.1, 0.15) is 0 Å². The van der Waals surface area contributed by atoms with E-state index in [0.29, 0.717) is 11.3 Å². The number of nitrogens with one attached hydrogen (secondary N) is 2. The van der Waals surface area contributed by atoms with Crippen LogP contribution in [0.25, 0.3) is 0 Å². The molecule has 8 nitrogen and oxygen atoms in total. The van der Waals surface area contributed by atoms with Gasteiger partial charge in [0.15, 0.2) is 6.61 Å². The summed E-state index contributed by atoms with van der Waals surface area (Å²) in [7, 11) is 0. The van der Waals surface area contributed by atoms with Gasteiger partial charge < -0.3 is 10.1 Å².